The molecule has 5 N–H and O–H groups in total. The van der Waals surface area contributed by atoms with Gasteiger partial charge in [-0.15, -0.1) is 0 Å². The number of aliphatic hydroxyl groups excluding tert-OH is 1. The quantitative estimate of drug-likeness (QED) is 0.471. The van der Waals surface area contributed by atoms with Crippen molar-refractivity contribution in [3.05, 3.63) is 16.7 Å². The highest BCUT2D eigenvalue weighted by molar-refractivity contribution is 7.52. The summed E-state index contributed by atoms with van der Waals surface area (Å²) in [5.74, 6) is -0.0829. The number of ether oxygens (including phenoxy) is 2. The van der Waals surface area contributed by atoms with Gasteiger partial charge in [-0.05, 0) is 0 Å². The van der Waals surface area contributed by atoms with Gasteiger partial charge in [0.1, 0.15) is 17.8 Å². The normalized spacial score (nSPS) is 32.6. The molecule has 2 aliphatic rings. The molecule has 4 rings (SSSR count). The van der Waals surface area contributed by atoms with E-state index in [1.165, 1.54) is 17.8 Å². The summed E-state index contributed by atoms with van der Waals surface area (Å²) in [5.41, 5.74) is 4.29. The monoisotopic (exact) mass is 401 g/mol. The van der Waals surface area contributed by atoms with Crippen molar-refractivity contribution in [2.45, 2.75) is 37.4 Å². The molecule has 2 aliphatic heterocycles. The van der Waals surface area contributed by atoms with Crippen LogP contribution in [0, 0.1) is 0 Å². The average molecular weight is 401 g/mol. The van der Waals surface area contributed by atoms with Crippen molar-refractivity contribution in [3.8, 4) is 0 Å². The zero-order valence-corrected chi connectivity index (χ0v) is 15.3. The highest BCUT2D eigenvalue weighted by Gasteiger charge is 2.62. The third-order valence-corrected chi connectivity index (χ3v) is 6.33. The van der Waals surface area contributed by atoms with Gasteiger partial charge in [0.2, 0.25) is 5.95 Å². The number of nitrogen functional groups attached to an aromatic ring is 1. The van der Waals surface area contributed by atoms with Crippen LogP contribution in [0.5, 0.6) is 0 Å². The lowest BCUT2D eigenvalue weighted by Gasteiger charge is -2.44. The number of hydrogen-bond donors (Lipinski definition) is 4. The van der Waals surface area contributed by atoms with Crippen LogP contribution in [0.15, 0.2) is 11.1 Å². The predicted molar refractivity (Wildman–Crippen MR) is 92.1 cm³/mol. The molecule has 0 saturated carbocycles. The fraction of sp³-hybridized carbons (Fsp3) is 0.643. The first-order valence-electron chi connectivity index (χ1n) is 8.43. The fourth-order valence-corrected chi connectivity index (χ4v) is 3.97. The van der Waals surface area contributed by atoms with Crippen LogP contribution in [0.4, 0.5) is 5.95 Å². The first-order chi connectivity index (χ1) is 12.8. The van der Waals surface area contributed by atoms with Gasteiger partial charge < -0.3 is 29.7 Å². The Morgan fingerprint density at radius 3 is 2.96 bits per heavy atom. The van der Waals surface area contributed by atoms with E-state index in [-0.39, 0.29) is 29.9 Å². The van der Waals surface area contributed by atoms with Crippen molar-refractivity contribution in [1.82, 2.24) is 19.5 Å². The van der Waals surface area contributed by atoms with Crippen LogP contribution in [0.3, 0.4) is 0 Å². The number of nitrogens with zero attached hydrogens (tertiary/aromatic N) is 3. The molecule has 4 heterocycles. The lowest BCUT2D eigenvalue weighted by Crippen LogP contribution is -2.56. The van der Waals surface area contributed by atoms with E-state index in [1.807, 2.05) is 0 Å². The molecule has 2 fully saturated rings. The van der Waals surface area contributed by atoms with E-state index in [2.05, 4.69) is 15.0 Å². The van der Waals surface area contributed by atoms with Crippen LogP contribution < -0.4 is 11.3 Å². The lowest BCUT2D eigenvalue weighted by atomic mass is 9.86. The number of aromatic amines is 1. The fourth-order valence-electron chi connectivity index (χ4n) is 3.41. The van der Waals surface area contributed by atoms with Gasteiger partial charge in [-0.3, -0.25) is 18.9 Å². The Hall–Kier alpha value is -1.82. The van der Waals surface area contributed by atoms with E-state index in [4.69, 9.17) is 19.7 Å². The Balaban J connectivity index is 1.68. The smallest absolute Gasteiger partial charge is 0.327 e. The van der Waals surface area contributed by atoms with Crippen LogP contribution in [0.1, 0.15) is 19.6 Å². The molecule has 2 aromatic heterocycles. The molecular weight excluding hydrogens is 381 g/mol. The van der Waals surface area contributed by atoms with E-state index in [9.17, 15) is 19.4 Å². The molecule has 13 heteroatoms. The van der Waals surface area contributed by atoms with Gasteiger partial charge in [-0.25, -0.2) is 4.98 Å². The molecular formula is C14H20N5O7P. The molecule has 27 heavy (non-hydrogen) atoms. The average Bonchev–Trinajstić information content (AvgIpc) is 3.11. The Labute approximate surface area is 152 Å². The van der Waals surface area contributed by atoms with E-state index in [1.54, 1.807) is 0 Å². The summed E-state index contributed by atoms with van der Waals surface area (Å²) < 4.78 is 29.8. The first-order valence-corrected chi connectivity index (χ1v) is 10.2. The summed E-state index contributed by atoms with van der Waals surface area (Å²) in [4.78, 5) is 32.1. The molecule has 12 nitrogen and oxygen atoms in total. The molecule has 0 amide bonds. The largest absolute Gasteiger partial charge is 0.387 e. The Kier molecular flexibility index (Phi) is 4.37. The van der Waals surface area contributed by atoms with Crippen molar-refractivity contribution in [2.75, 3.05) is 25.1 Å². The molecule has 2 aromatic rings. The minimum Gasteiger partial charge on any atom is -0.387 e. The highest BCUT2D eigenvalue weighted by Crippen LogP contribution is 2.50. The maximum absolute atomic E-state index is 12.0. The number of aliphatic hydroxyl groups is 1. The van der Waals surface area contributed by atoms with Crippen molar-refractivity contribution in [1.29, 1.82) is 0 Å². The van der Waals surface area contributed by atoms with Gasteiger partial charge in [0.25, 0.3) is 5.56 Å². The minimum atomic E-state index is -3.74. The van der Waals surface area contributed by atoms with Crippen molar-refractivity contribution < 1.29 is 28.6 Å². The number of imidazole rings is 1. The van der Waals surface area contributed by atoms with Crippen LogP contribution in [-0.2, 0) is 18.6 Å². The van der Waals surface area contributed by atoms with Crippen LogP contribution in [-0.4, -0.2) is 66.7 Å². The second-order valence-corrected chi connectivity index (χ2v) is 8.72. The molecule has 0 radical (unpaired) electrons. The van der Waals surface area contributed by atoms with Crippen molar-refractivity contribution in [3.63, 3.8) is 0 Å². The zero-order valence-electron chi connectivity index (χ0n) is 14.4. The predicted octanol–water partition coefficient (Wildman–Crippen LogP) is -0.659. The number of anilines is 1. The number of rotatable bonds is 5. The molecule has 2 saturated heterocycles. The van der Waals surface area contributed by atoms with E-state index < -0.39 is 37.2 Å². The second kappa shape index (κ2) is 6.36. The second-order valence-electron chi connectivity index (χ2n) is 6.55. The highest BCUT2D eigenvalue weighted by atomic mass is 31.2. The maximum atomic E-state index is 12.0. The van der Waals surface area contributed by atoms with E-state index in [0.717, 1.165) is 0 Å². The minimum absolute atomic E-state index is 0.0565. The van der Waals surface area contributed by atoms with Gasteiger partial charge in [0.15, 0.2) is 17.4 Å². The van der Waals surface area contributed by atoms with Crippen molar-refractivity contribution >= 4 is 24.7 Å². The Morgan fingerprint density at radius 2 is 2.33 bits per heavy atom. The Morgan fingerprint density at radius 1 is 1.59 bits per heavy atom. The van der Waals surface area contributed by atoms with E-state index in [0.29, 0.717) is 13.0 Å². The molecule has 0 bridgehead atoms. The number of aromatic nitrogens is 4. The lowest BCUT2D eigenvalue weighted by molar-refractivity contribution is -0.225. The number of H-pyrrole nitrogens is 1. The third-order valence-electron chi connectivity index (χ3n) is 4.98. The molecule has 1 unspecified atom stereocenters. The maximum Gasteiger partial charge on any atom is 0.327 e. The Bertz CT molecular complexity index is 970. The summed E-state index contributed by atoms with van der Waals surface area (Å²) in [6.07, 6.45) is -1.08. The molecule has 0 aromatic carbocycles. The molecule has 0 aliphatic carbocycles. The van der Waals surface area contributed by atoms with Gasteiger partial charge in [-0.2, -0.15) is 4.98 Å². The van der Waals surface area contributed by atoms with Gasteiger partial charge in [0, 0.05) is 12.6 Å². The zero-order chi connectivity index (χ0) is 19.4. The SMILES string of the molecule is CCP(=O)(O)OC[C@H]1O[C@@H](n2cnc3c(=O)[nH]c(N)nc32)[C@@]2(CCO2)[C@@H]1O. The number of nitrogens with two attached hydrogens (primary N) is 1. The van der Waals surface area contributed by atoms with Crippen LogP contribution in [0.25, 0.3) is 11.2 Å². The molecule has 5 atom stereocenters. The summed E-state index contributed by atoms with van der Waals surface area (Å²) in [7, 11) is -3.74. The topological polar surface area (TPSA) is 175 Å². The summed E-state index contributed by atoms with van der Waals surface area (Å²) in [6.45, 7) is 1.66. The van der Waals surface area contributed by atoms with Crippen LogP contribution in [0.2, 0.25) is 0 Å². The summed E-state index contributed by atoms with van der Waals surface area (Å²) in [5, 5.41) is 10.7. The van der Waals surface area contributed by atoms with Crippen LogP contribution >= 0.6 is 7.60 Å². The van der Waals surface area contributed by atoms with Gasteiger partial charge >= 0.3 is 7.60 Å². The summed E-state index contributed by atoms with van der Waals surface area (Å²) >= 11 is 0. The van der Waals surface area contributed by atoms with Gasteiger partial charge in [-0.1, -0.05) is 6.92 Å². The third kappa shape index (κ3) is 2.89. The number of fused-ring (bicyclic) bond motifs is 1. The first kappa shape index (κ1) is 18.5. The summed E-state index contributed by atoms with van der Waals surface area (Å²) in [6, 6.07) is 0. The van der Waals surface area contributed by atoms with Gasteiger partial charge in [0.05, 0.1) is 19.5 Å². The molecule has 148 valence electrons. The molecule has 1 spiro atoms. The number of nitrogens with one attached hydrogen (secondary N) is 1. The van der Waals surface area contributed by atoms with E-state index >= 15 is 0 Å². The standard InChI is InChI=1S/C14H20N5O7P/c1-2-27(22,23)25-5-7-9(20)14(3-4-24-14)12(26-7)19-6-16-8-10(19)17-13(15)18-11(8)21/h6-7,9,12,20H,2-5H2,1H3,(H,22,23)(H3,15,17,18,21)/t7-,9-,12-,14-/m1/s1. The number of hydrogen-bond acceptors (Lipinski definition) is 9. The van der Waals surface area contributed by atoms with Crippen molar-refractivity contribution in [2.24, 2.45) is 0 Å².